The van der Waals surface area contributed by atoms with Crippen molar-refractivity contribution in [1.29, 1.82) is 0 Å². The topological polar surface area (TPSA) is 62.7 Å². The summed E-state index contributed by atoms with van der Waals surface area (Å²) in [6.07, 6.45) is 1.67. The number of rotatable bonds is 10. The average Bonchev–Trinajstić information content (AvgIpc) is 2.89. The third-order valence-electron chi connectivity index (χ3n) is 6.85. The minimum Gasteiger partial charge on any atom is -0.497 e. The molecular weight excluding hydrogens is 489 g/mol. The van der Waals surface area contributed by atoms with E-state index in [1.165, 1.54) is 23.9 Å². The number of halogens is 3. The van der Waals surface area contributed by atoms with Gasteiger partial charge < -0.3 is 14.7 Å². The van der Waals surface area contributed by atoms with Crippen molar-refractivity contribution < 1.29 is 27.8 Å². The third kappa shape index (κ3) is 6.13. The Labute approximate surface area is 212 Å². The normalized spacial score (nSPS) is 19.3. The second kappa shape index (κ2) is 12.0. The number of methoxy groups -OCH3 is 1. The van der Waals surface area contributed by atoms with Crippen LogP contribution in [0, 0.1) is 23.5 Å². The molecule has 3 atom stereocenters. The number of nitrogens with zero attached hydrogens (tertiary/aromatic N) is 2. The number of aliphatic carboxylic acids is 1. The molecule has 3 aromatic rings. The van der Waals surface area contributed by atoms with Crippen LogP contribution in [0.3, 0.4) is 0 Å². The molecule has 0 saturated carbocycles. The van der Waals surface area contributed by atoms with Gasteiger partial charge >= 0.3 is 5.97 Å². The smallest absolute Gasteiger partial charge is 0.308 e. The molecule has 0 aliphatic carbocycles. The zero-order valence-corrected chi connectivity index (χ0v) is 20.8. The molecule has 1 saturated heterocycles. The molecule has 0 spiro atoms. The molecule has 0 unspecified atom stereocenters. The second-order valence-electron chi connectivity index (χ2n) is 9.02. The van der Waals surface area contributed by atoms with Crippen molar-refractivity contribution in [2.24, 2.45) is 11.8 Å². The molecule has 1 N–H and O–H groups in total. The van der Waals surface area contributed by atoms with Gasteiger partial charge in [-0.25, -0.2) is 13.2 Å². The zero-order chi connectivity index (χ0) is 25.7. The highest BCUT2D eigenvalue weighted by atomic mass is 32.2. The predicted octanol–water partition coefficient (Wildman–Crippen LogP) is 6.13. The van der Waals surface area contributed by atoms with Crippen molar-refractivity contribution in [2.45, 2.75) is 30.3 Å². The van der Waals surface area contributed by atoms with Crippen molar-refractivity contribution in [2.75, 3.05) is 32.5 Å². The van der Waals surface area contributed by atoms with Crippen LogP contribution >= 0.6 is 11.8 Å². The first-order valence-electron chi connectivity index (χ1n) is 12.0. The van der Waals surface area contributed by atoms with Gasteiger partial charge in [-0.2, -0.15) is 0 Å². The van der Waals surface area contributed by atoms with Gasteiger partial charge in [-0.05, 0) is 73.7 Å². The summed E-state index contributed by atoms with van der Waals surface area (Å²) >= 11 is 1.21. The number of pyridine rings is 1. The molecule has 36 heavy (non-hydrogen) atoms. The summed E-state index contributed by atoms with van der Waals surface area (Å²) < 4.78 is 47.9. The van der Waals surface area contributed by atoms with Crippen molar-refractivity contribution >= 4 is 28.6 Å². The number of piperidine rings is 1. The van der Waals surface area contributed by atoms with Gasteiger partial charge in [0.1, 0.15) is 11.9 Å². The summed E-state index contributed by atoms with van der Waals surface area (Å²) in [5, 5.41) is 10.5. The van der Waals surface area contributed by atoms with Crippen LogP contribution in [0.5, 0.6) is 5.75 Å². The van der Waals surface area contributed by atoms with Gasteiger partial charge in [0.05, 0.1) is 18.5 Å². The highest BCUT2D eigenvalue weighted by Crippen LogP contribution is 2.35. The lowest BCUT2D eigenvalue weighted by molar-refractivity contribution is -0.146. The van der Waals surface area contributed by atoms with E-state index in [1.807, 2.05) is 4.90 Å². The lowest BCUT2D eigenvalue weighted by Gasteiger charge is -2.36. The number of benzene rings is 2. The highest BCUT2D eigenvalue weighted by molar-refractivity contribution is 7.99. The summed E-state index contributed by atoms with van der Waals surface area (Å²) in [6.45, 7) is 1.61. The van der Waals surface area contributed by atoms with E-state index >= 15 is 4.39 Å². The van der Waals surface area contributed by atoms with Crippen LogP contribution in [-0.4, -0.2) is 53.5 Å². The van der Waals surface area contributed by atoms with Crippen LogP contribution in [-0.2, 0) is 4.79 Å². The van der Waals surface area contributed by atoms with Gasteiger partial charge in [0, 0.05) is 35.3 Å². The molecule has 2 heterocycles. The summed E-state index contributed by atoms with van der Waals surface area (Å²) in [4.78, 5) is 18.6. The van der Waals surface area contributed by atoms with Gasteiger partial charge in [0.15, 0.2) is 11.6 Å². The maximum absolute atomic E-state index is 15.4. The first kappa shape index (κ1) is 26.3. The number of carboxylic acids is 1. The Hall–Kier alpha value is -2.78. The SMILES string of the molecule is COc1ccc2nccc([C@@H](F)CC[C@@H]3CCN(CCSc4cccc(F)c4F)C[C@@H]3C(=O)O)c2c1. The molecule has 0 amide bonds. The van der Waals surface area contributed by atoms with E-state index in [4.69, 9.17) is 4.74 Å². The Kier molecular flexibility index (Phi) is 8.74. The fraction of sp³-hybridized carbons (Fsp3) is 0.407. The zero-order valence-electron chi connectivity index (χ0n) is 20.0. The van der Waals surface area contributed by atoms with Crippen LogP contribution in [0.4, 0.5) is 13.2 Å². The molecule has 0 bridgehead atoms. The van der Waals surface area contributed by atoms with E-state index in [0.29, 0.717) is 60.4 Å². The average molecular weight is 519 g/mol. The molecule has 1 fully saturated rings. The second-order valence-corrected chi connectivity index (χ2v) is 10.2. The van der Waals surface area contributed by atoms with Gasteiger partial charge in [0.25, 0.3) is 0 Å². The van der Waals surface area contributed by atoms with E-state index in [2.05, 4.69) is 4.98 Å². The lowest BCUT2D eigenvalue weighted by Crippen LogP contribution is -2.44. The van der Waals surface area contributed by atoms with E-state index < -0.39 is 29.7 Å². The van der Waals surface area contributed by atoms with Crippen molar-refractivity contribution in [3.8, 4) is 5.75 Å². The van der Waals surface area contributed by atoms with Crippen LogP contribution in [0.25, 0.3) is 10.9 Å². The van der Waals surface area contributed by atoms with E-state index in [0.717, 1.165) is 6.07 Å². The molecule has 1 aliphatic rings. The minimum absolute atomic E-state index is 0.132. The Balaban J connectivity index is 1.33. The number of alkyl halides is 1. The number of likely N-dealkylation sites (tertiary alicyclic amines) is 1. The van der Waals surface area contributed by atoms with Crippen molar-refractivity contribution in [3.05, 3.63) is 65.9 Å². The van der Waals surface area contributed by atoms with Crippen molar-refractivity contribution in [3.63, 3.8) is 0 Å². The number of hydrogen-bond acceptors (Lipinski definition) is 5. The molecule has 5 nitrogen and oxygen atoms in total. The number of carboxylic acid groups (broad SMARTS) is 1. The number of aromatic nitrogens is 1. The van der Waals surface area contributed by atoms with E-state index in [1.54, 1.807) is 37.6 Å². The lowest BCUT2D eigenvalue weighted by atomic mass is 9.81. The van der Waals surface area contributed by atoms with E-state index in [9.17, 15) is 18.7 Å². The monoisotopic (exact) mass is 518 g/mol. The summed E-state index contributed by atoms with van der Waals surface area (Å²) in [6, 6.07) is 11.1. The maximum Gasteiger partial charge on any atom is 0.308 e. The molecule has 1 aromatic heterocycles. The molecule has 2 aromatic carbocycles. The Bertz CT molecular complexity index is 1210. The minimum atomic E-state index is -1.24. The number of ether oxygens (including phenoxy) is 1. The highest BCUT2D eigenvalue weighted by Gasteiger charge is 2.34. The first-order valence-corrected chi connectivity index (χ1v) is 12.9. The Morgan fingerprint density at radius 2 is 2.11 bits per heavy atom. The quantitative estimate of drug-likeness (QED) is 0.326. The standard InChI is InChI=1S/C27H29F3N2O3S/c1-35-18-6-8-24-20(15-18)19(9-11-31-24)22(28)7-5-17-10-12-32(16-21(17)27(33)34)13-14-36-25-4-2-3-23(29)26(25)30/h2-4,6,8-9,11,15,17,21-22H,5,7,10,12-14,16H2,1H3,(H,33,34)/t17-,21+,22+/m1/s1. The third-order valence-corrected chi connectivity index (χ3v) is 7.86. The van der Waals surface area contributed by atoms with Gasteiger partial charge in [-0.1, -0.05) is 6.07 Å². The van der Waals surface area contributed by atoms with Crippen LogP contribution < -0.4 is 4.74 Å². The molecule has 192 valence electrons. The van der Waals surface area contributed by atoms with Crippen LogP contribution in [0.2, 0.25) is 0 Å². The van der Waals surface area contributed by atoms with E-state index in [-0.39, 0.29) is 17.2 Å². The van der Waals surface area contributed by atoms with Gasteiger partial charge in [0.2, 0.25) is 0 Å². The summed E-state index contributed by atoms with van der Waals surface area (Å²) in [5.74, 6) is -2.21. The molecule has 9 heteroatoms. The molecule has 1 aliphatic heterocycles. The first-order chi connectivity index (χ1) is 17.4. The fourth-order valence-corrected chi connectivity index (χ4v) is 5.81. The number of carbonyl (C=O) groups is 1. The maximum atomic E-state index is 15.4. The molecule has 0 radical (unpaired) electrons. The van der Waals surface area contributed by atoms with Gasteiger partial charge in [-0.15, -0.1) is 11.8 Å². The largest absolute Gasteiger partial charge is 0.497 e. The summed E-state index contributed by atoms with van der Waals surface area (Å²) in [7, 11) is 1.56. The predicted molar refractivity (Wildman–Crippen MR) is 134 cm³/mol. The van der Waals surface area contributed by atoms with Gasteiger partial charge in [-0.3, -0.25) is 9.78 Å². The van der Waals surface area contributed by atoms with Crippen LogP contribution in [0.15, 0.2) is 53.6 Å². The molecule has 4 rings (SSSR count). The fourth-order valence-electron chi connectivity index (χ4n) is 4.84. The Morgan fingerprint density at radius 1 is 1.28 bits per heavy atom. The van der Waals surface area contributed by atoms with Crippen LogP contribution in [0.1, 0.15) is 31.0 Å². The number of fused-ring (bicyclic) bond motifs is 1. The summed E-state index contributed by atoms with van der Waals surface area (Å²) in [5.41, 5.74) is 1.22. The molecular formula is C27H29F3N2O3S. The Morgan fingerprint density at radius 3 is 2.89 bits per heavy atom. The number of thioether (sulfide) groups is 1. The number of hydrogen-bond donors (Lipinski definition) is 1. The van der Waals surface area contributed by atoms with Crippen molar-refractivity contribution in [1.82, 2.24) is 9.88 Å².